The van der Waals surface area contributed by atoms with Crippen molar-refractivity contribution in [2.75, 3.05) is 6.61 Å². The number of benzene rings is 1. The average Bonchev–Trinajstić information content (AvgIpc) is 2.50. The summed E-state index contributed by atoms with van der Waals surface area (Å²) in [4.78, 5) is 11.9. The van der Waals surface area contributed by atoms with Gasteiger partial charge in [-0.15, -0.1) is 0 Å². The largest absolute Gasteiger partial charge is 0.516 e. The second-order valence-corrected chi connectivity index (χ2v) is 7.00. The first-order chi connectivity index (χ1) is 11.6. The fourth-order valence-electron chi connectivity index (χ4n) is 1.94. The number of unbranched alkanes of at least 4 members (excludes halogenated alkanes) is 4. The standard InChI is InChI=1S/C15H20F3NO5S/c1-2-3-4-5-6-9-24-13-8-7-11(20)10-12(13)14(21)19-25(22,23)15(16,17)18/h7-8,10,20H,2-6,9H2,1H3,(H,19,21). The molecule has 0 unspecified atom stereocenters. The van der Waals surface area contributed by atoms with Crippen LogP contribution < -0.4 is 9.46 Å². The summed E-state index contributed by atoms with van der Waals surface area (Å²) in [7, 11) is -5.85. The van der Waals surface area contributed by atoms with E-state index in [-0.39, 0.29) is 12.4 Å². The van der Waals surface area contributed by atoms with E-state index in [0.717, 1.165) is 36.5 Å². The smallest absolute Gasteiger partial charge is 0.508 e. The zero-order valence-corrected chi connectivity index (χ0v) is 14.4. The van der Waals surface area contributed by atoms with Gasteiger partial charge in [-0.25, -0.2) is 4.72 Å². The van der Waals surface area contributed by atoms with Crippen molar-refractivity contribution >= 4 is 15.9 Å². The van der Waals surface area contributed by atoms with Crippen LogP contribution in [0.4, 0.5) is 13.2 Å². The van der Waals surface area contributed by atoms with Crippen molar-refractivity contribution < 1.29 is 36.2 Å². The highest BCUT2D eigenvalue weighted by atomic mass is 32.2. The number of rotatable bonds is 9. The number of aromatic hydroxyl groups is 1. The van der Waals surface area contributed by atoms with Crippen LogP contribution >= 0.6 is 0 Å². The maximum absolute atomic E-state index is 12.4. The van der Waals surface area contributed by atoms with Crippen LogP contribution in [0.5, 0.6) is 11.5 Å². The SMILES string of the molecule is CCCCCCCOc1ccc(O)cc1C(=O)NS(=O)(=O)C(F)(F)F. The minimum absolute atomic E-state index is 0.108. The number of halogens is 3. The highest BCUT2D eigenvalue weighted by Crippen LogP contribution is 2.26. The van der Waals surface area contributed by atoms with Crippen LogP contribution in [-0.2, 0) is 10.0 Å². The van der Waals surface area contributed by atoms with E-state index < -0.39 is 32.8 Å². The lowest BCUT2D eigenvalue weighted by molar-refractivity contribution is -0.0446. The average molecular weight is 383 g/mol. The molecule has 0 aliphatic rings. The molecule has 0 aliphatic carbocycles. The summed E-state index contributed by atoms with van der Waals surface area (Å²) in [5.74, 6) is -2.05. The third-order valence-corrected chi connectivity index (χ3v) is 4.31. The Labute approximate surface area is 144 Å². The predicted molar refractivity (Wildman–Crippen MR) is 84.8 cm³/mol. The van der Waals surface area contributed by atoms with Crippen LogP contribution in [0.3, 0.4) is 0 Å². The summed E-state index contributed by atoms with van der Waals surface area (Å²) in [5, 5.41) is 9.41. The third kappa shape index (κ3) is 6.45. The van der Waals surface area contributed by atoms with Crippen molar-refractivity contribution in [2.24, 2.45) is 0 Å². The Morgan fingerprint density at radius 2 is 1.84 bits per heavy atom. The number of hydrogen-bond donors (Lipinski definition) is 2. The molecule has 142 valence electrons. The summed E-state index contributed by atoms with van der Waals surface area (Å²) in [6, 6.07) is 3.21. The van der Waals surface area contributed by atoms with Gasteiger partial charge in [0.05, 0.1) is 12.2 Å². The molecule has 0 aliphatic heterocycles. The highest BCUT2D eigenvalue weighted by molar-refractivity contribution is 7.90. The zero-order chi connectivity index (χ0) is 19.1. The van der Waals surface area contributed by atoms with Crippen molar-refractivity contribution in [1.82, 2.24) is 4.72 Å². The molecule has 1 rings (SSSR count). The summed E-state index contributed by atoms with van der Waals surface area (Å²) < 4.78 is 65.4. The molecule has 0 heterocycles. The van der Waals surface area contributed by atoms with Gasteiger partial charge in [-0.1, -0.05) is 32.6 Å². The number of hydrogen-bond acceptors (Lipinski definition) is 5. The molecule has 0 atom stereocenters. The third-order valence-electron chi connectivity index (χ3n) is 3.25. The van der Waals surface area contributed by atoms with Crippen LogP contribution in [-0.4, -0.2) is 31.5 Å². The van der Waals surface area contributed by atoms with Crippen molar-refractivity contribution in [3.8, 4) is 11.5 Å². The first-order valence-corrected chi connectivity index (χ1v) is 9.16. The van der Waals surface area contributed by atoms with E-state index in [9.17, 15) is 31.5 Å². The zero-order valence-electron chi connectivity index (χ0n) is 13.6. The molecule has 2 N–H and O–H groups in total. The van der Waals surface area contributed by atoms with E-state index in [1.807, 2.05) is 0 Å². The van der Waals surface area contributed by atoms with Crippen LogP contribution in [0.2, 0.25) is 0 Å². The lowest BCUT2D eigenvalue weighted by Crippen LogP contribution is -2.40. The quantitative estimate of drug-likeness (QED) is 0.638. The van der Waals surface area contributed by atoms with Crippen LogP contribution in [0.1, 0.15) is 49.4 Å². The van der Waals surface area contributed by atoms with Crippen molar-refractivity contribution in [1.29, 1.82) is 0 Å². The Morgan fingerprint density at radius 3 is 2.44 bits per heavy atom. The Bertz CT molecular complexity index is 689. The van der Waals surface area contributed by atoms with Gasteiger partial charge in [-0.05, 0) is 24.6 Å². The molecule has 6 nitrogen and oxygen atoms in total. The molecule has 0 saturated heterocycles. The summed E-state index contributed by atoms with van der Waals surface area (Å²) in [5.41, 5.74) is -6.12. The number of amides is 1. The topological polar surface area (TPSA) is 92.7 Å². The summed E-state index contributed by atoms with van der Waals surface area (Å²) in [6.45, 7) is 2.27. The fraction of sp³-hybridized carbons (Fsp3) is 0.533. The molecule has 1 aromatic rings. The minimum Gasteiger partial charge on any atom is -0.508 e. The maximum Gasteiger partial charge on any atom is 0.516 e. The second-order valence-electron chi connectivity index (χ2n) is 5.32. The Hall–Kier alpha value is -1.97. The molecule has 0 bridgehead atoms. The second kappa shape index (κ2) is 8.93. The number of phenols is 1. The first-order valence-electron chi connectivity index (χ1n) is 7.67. The maximum atomic E-state index is 12.4. The lowest BCUT2D eigenvalue weighted by Gasteiger charge is -2.13. The molecule has 25 heavy (non-hydrogen) atoms. The van der Waals surface area contributed by atoms with Gasteiger partial charge >= 0.3 is 15.5 Å². The molecule has 0 saturated carbocycles. The highest BCUT2D eigenvalue weighted by Gasteiger charge is 2.47. The molecule has 10 heteroatoms. The van der Waals surface area contributed by atoms with Gasteiger partial charge in [0.15, 0.2) is 0 Å². The van der Waals surface area contributed by atoms with E-state index >= 15 is 0 Å². The molecule has 1 aromatic carbocycles. The molecule has 1 amide bonds. The first kappa shape index (κ1) is 21.1. The van der Waals surface area contributed by atoms with E-state index in [2.05, 4.69) is 6.92 Å². The molecule has 0 radical (unpaired) electrons. The number of alkyl halides is 3. The molecule has 0 fully saturated rings. The van der Waals surface area contributed by atoms with Gasteiger partial charge in [0, 0.05) is 0 Å². The van der Waals surface area contributed by atoms with Crippen LogP contribution in [0.15, 0.2) is 18.2 Å². The van der Waals surface area contributed by atoms with E-state index in [1.54, 1.807) is 0 Å². The van der Waals surface area contributed by atoms with Gasteiger partial charge in [0.25, 0.3) is 5.91 Å². The molecule has 0 aromatic heterocycles. The van der Waals surface area contributed by atoms with Gasteiger partial charge < -0.3 is 9.84 Å². The summed E-state index contributed by atoms with van der Waals surface area (Å²) >= 11 is 0. The summed E-state index contributed by atoms with van der Waals surface area (Å²) in [6.07, 6.45) is 4.70. The van der Waals surface area contributed by atoms with Crippen LogP contribution in [0, 0.1) is 0 Å². The monoisotopic (exact) mass is 383 g/mol. The van der Waals surface area contributed by atoms with Gasteiger partial charge in [-0.2, -0.15) is 21.6 Å². The molecular formula is C15H20F3NO5S. The molecular weight excluding hydrogens is 363 g/mol. The number of phenolic OH excluding ortho intramolecular Hbond substituents is 1. The number of sulfonamides is 1. The van der Waals surface area contributed by atoms with Gasteiger partial charge in [0.1, 0.15) is 11.5 Å². The van der Waals surface area contributed by atoms with E-state index in [0.29, 0.717) is 6.42 Å². The van der Waals surface area contributed by atoms with Gasteiger partial charge in [-0.3, -0.25) is 4.79 Å². The van der Waals surface area contributed by atoms with Crippen molar-refractivity contribution in [3.05, 3.63) is 23.8 Å². The molecule has 0 spiro atoms. The number of carbonyl (C=O) groups excluding carboxylic acids is 1. The van der Waals surface area contributed by atoms with Crippen molar-refractivity contribution in [3.63, 3.8) is 0 Å². The Balaban J connectivity index is 2.81. The van der Waals surface area contributed by atoms with Crippen molar-refractivity contribution in [2.45, 2.75) is 44.5 Å². The fourth-order valence-corrected chi connectivity index (χ4v) is 2.41. The predicted octanol–water partition coefficient (Wildman–Crippen LogP) is 3.32. The van der Waals surface area contributed by atoms with E-state index in [4.69, 9.17) is 4.74 Å². The number of carbonyl (C=O) groups is 1. The van der Waals surface area contributed by atoms with E-state index in [1.165, 1.54) is 12.1 Å². The Kier molecular flexibility index (Phi) is 7.53. The van der Waals surface area contributed by atoms with Crippen LogP contribution in [0.25, 0.3) is 0 Å². The minimum atomic E-state index is -5.85. The Morgan fingerprint density at radius 1 is 1.20 bits per heavy atom. The van der Waals surface area contributed by atoms with Gasteiger partial charge in [0.2, 0.25) is 0 Å². The number of ether oxygens (including phenoxy) is 1. The number of nitrogens with one attached hydrogen (secondary N) is 1. The lowest BCUT2D eigenvalue weighted by atomic mass is 10.1. The normalized spacial score (nSPS) is 12.0.